The Labute approximate surface area is 117 Å². The smallest absolute Gasteiger partial charge is 0.269 e. The van der Waals surface area contributed by atoms with Crippen LogP contribution in [0, 0.1) is 0 Å². The predicted molar refractivity (Wildman–Crippen MR) is 70.8 cm³/mol. The standard InChI is InChI=1S/C13H20N4O3/c14-12(18)9-8-10-13(15-5-3-6-17(10)16-9)20-11-4-1-2-7-19-11/h8,11,13,15H,1-7H2,(H2,14,18). The third kappa shape index (κ3) is 2.84. The van der Waals surface area contributed by atoms with Crippen LogP contribution in [0.15, 0.2) is 6.07 Å². The lowest BCUT2D eigenvalue weighted by Gasteiger charge is -2.27. The quantitative estimate of drug-likeness (QED) is 0.842. The van der Waals surface area contributed by atoms with E-state index in [2.05, 4.69) is 10.4 Å². The molecule has 0 bridgehead atoms. The van der Waals surface area contributed by atoms with Gasteiger partial charge in [-0.1, -0.05) is 0 Å². The molecule has 3 heterocycles. The van der Waals surface area contributed by atoms with Gasteiger partial charge in [0, 0.05) is 13.2 Å². The molecule has 2 atom stereocenters. The molecule has 3 N–H and O–H groups in total. The number of nitrogens with one attached hydrogen (secondary N) is 1. The van der Waals surface area contributed by atoms with Crippen LogP contribution in [-0.2, 0) is 16.0 Å². The number of fused-ring (bicyclic) bond motifs is 1. The number of rotatable bonds is 3. The van der Waals surface area contributed by atoms with Crippen molar-refractivity contribution >= 4 is 5.91 Å². The van der Waals surface area contributed by atoms with E-state index in [0.29, 0.717) is 0 Å². The summed E-state index contributed by atoms with van der Waals surface area (Å²) in [7, 11) is 0. The second-order valence-corrected chi connectivity index (χ2v) is 5.16. The van der Waals surface area contributed by atoms with Gasteiger partial charge < -0.3 is 15.2 Å². The van der Waals surface area contributed by atoms with Gasteiger partial charge in [0.25, 0.3) is 5.91 Å². The lowest BCUT2D eigenvalue weighted by molar-refractivity contribution is -0.197. The molecule has 3 rings (SSSR count). The molecule has 1 saturated heterocycles. The van der Waals surface area contributed by atoms with Crippen LogP contribution >= 0.6 is 0 Å². The molecule has 2 aliphatic heterocycles. The number of carbonyl (C=O) groups excluding carboxylic acids is 1. The van der Waals surface area contributed by atoms with Crippen LogP contribution in [0.1, 0.15) is 48.1 Å². The number of primary amides is 1. The van der Waals surface area contributed by atoms with Crippen LogP contribution in [0.4, 0.5) is 0 Å². The minimum atomic E-state index is -0.516. The SMILES string of the molecule is NC(=O)c1cc2n(n1)CCCNC2OC1CCCCO1. The molecule has 0 aliphatic carbocycles. The Morgan fingerprint density at radius 1 is 1.50 bits per heavy atom. The molecule has 1 amide bonds. The van der Waals surface area contributed by atoms with Crippen molar-refractivity contribution in [3.8, 4) is 0 Å². The zero-order chi connectivity index (χ0) is 13.9. The second kappa shape index (κ2) is 5.90. The summed E-state index contributed by atoms with van der Waals surface area (Å²) in [6, 6.07) is 1.70. The normalized spacial score (nSPS) is 26.8. The third-order valence-electron chi connectivity index (χ3n) is 3.63. The van der Waals surface area contributed by atoms with Crippen molar-refractivity contribution in [1.82, 2.24) is 15.1 Å². The molecule has 7 nitrogen and oxygen atoms in total. The molecule has 0 aromatic carbocycles. The number of aryl methyl sites for hydroxylation is 1. The Morgan fingerprint density at radius 3 is 3.15 bits per heavy atom. The maximum absolute atomic E-state index is 11.3. The van der Waals surface area contributed by atoms with E-state index in [1.165, 1.54) is 0 Å². The summed E-state index contributed by atoms with van der Waals surface area (Å²) >= 11 is 0. The number of aromatic nitrogens is 2. The van der Waals surface area contributed by atoms with Gasteiger partial charge in [-0.05, 0) is 38.3 Å². The van der Waals surface area contributed by atoms with Crippen molar-refractivity contribution in [3.63, 3.8) is 0 Å². The minimum Gasteiger partial charge on any atom is -0.364 e. The Morgan fingerprint density at radius 2 is 2.40 bits per heavy atom. The zero-order valence-electron chi connectivity index (χ0n) is 11.4. The number of ether oxygens (including phenoxy) is 2. The predicted octanol–water partition coefficient (Wildman–Crippen LogP) is 0.517. The van der Waals surface area contributed by atoms with Crippen LogP contribution in [0.5, 0.6) is 0 Å². The fraction of sp³-hybridized carbons (Fsp3) is 0.692. The molecule has 2 aliphatic rings. The van der Waals surface area contributed by atoms with Gasteiger partial charge in [-0.3, -0.25) is 14.8 Å². The Bertz CT molecular complexity index is 482. The number of carbonyl (C=O) groups is 1. The first-order valence-electron chi connectivity index (χ1n) is 7.12. The van der Waals surface area contributed by atoms with Crippen LogP contribution in [-0.4, -0.2) is 35.1 Å². The average molecular weight is 280 g/mol. The van der Waals surface area contributed by atoms with Gasteiger partial charge in [-0.2, -0.15) is 5.10 Å². The van der Waals surface area contributed by atoms with E-state index in [1.807, 2.05) is 0 Å². The van der Waals surface area contributed by atoms with Crippen molar-refractivity contribution < 1.29 is 14.3 Å². The third-order valence-corrected chi connectivity index (χ3v) is 3.63. The molecule has 2 unspecified atom stereocenters. The van der Waals surface area contributed by atoms with E-state index in [9.17, 15) is 4.79 Å². The number of nitrogens with two attached hydrogens (primary N) is 1. The van der Waals surface area contributed by atoms with Gasteiger partial charge in [0.05, 0.1) is 5.69 Å². The van der Waals surface area contributed by atoms with E-state index in [-0.39, 0.29) is 18.2 Å². The molecule has 1 aromatic heterocycles. The number of hydrogen-bond acceptors (Lipinski definition) is 5. The van der Waals surface area contributed by atoms with Crippen molar-refractivity contribution in [1.29, 1.82) is 0 Å². The van der Waals surface area contributed by atoms with Gasteiger partial charge in [-0.15, -0.1) is 0 Å². The first-order valence-corrected chi connectivity index (χ1v) is 7.12. The molecule has 0 saturated carbocycles. The molecular weight excluding hydrogens is 260 g/mol. The van der Waals surface area contributed by atoms with Gasteiger partial charge >= 0.3 is 0 Å². The fourth-order valence-corrected chi connectivity index (χ4v) is 2.60. The first kappa shape index (κ1) is 13.5. The Kier molecular flexibility index (Phi) is 4.00. The maximum Gasteiger partial charge on any atom is 0.269 e. The fourth-order valence-electron chi connectivity index (χ4n) is 2.60. The van der Waals surface area contributed by atoms with Gasteiger partial charge in [0.15, 0.2) is 12.5 Å². The second-order valence-electron chi connectivity index (χ2n) is 5.16. The van der Waals surface area contributed by atoms with Gasteiger partial charge in [0.1, 0.15) is 5.69 Å². The monoisotopic (exact) mass is 280 g/mol. The maximum atomic E-state index is 11.3. The van der Waals surface area contributed by atoms with Crippen molar-refractivity contribution in [2.75, 3.05) is 13.2 Å². The van der Waals surface area contributed by atoms with E-state index in [0.717, 1.165) is 51.1 Å². The van der Waals surface area contributed by atoms with Crippen molar-refractivity contribution in [2.45, 2.75) is 44.7 Å². The van der Waals surface area contributed by atoms with E-state index in [1.54, 1.807) is 10.7 Å². The van der Waals surface area contributed by atoms with E-state index < -0.39 is 5.91 Å². The van der Waals surface area contributed by atoms with Crippen LogP contribution in [0.3, 0.4) is 0 Å². The van der Waals surface area contributed by atoms with Crippen LogP contribution < -0.4 is 11.1 Å². The molecule has 0 spiro atoms. The topological polar surface area (TPSA) is 91.4 Å². The Hall–Kier alpha value is -1.44. The van der Waals surface area contributed by atoms with Crippen LogP contribution in [0.25, 0.3) is 0 Å². The largest absolute Gasteiger partial charge is 0.364 e. The van der Waals surface area contributed by atoms with Crippen molar-refractivity contribution in [2.24, 2.45) is 5.73 Å². The highest BCUT2D eigenvalue weighted by Crippen LogP contribution is 2.24. The highest BCUT2D eigenvalue weighted by atomic mass is 16.7. The van der Waals surface area contributed by atoms with Gasteiger partial charge in [-0.25, -0.2) is 0 Å². The number of amides is 1. The molecule has 110 valence electrons. The van der Waals surface area contributed by atoms with Crippen molar-refractivity contribution in [3.05, 3.63) is 17.5 Å². The molecule has 7 heteroatoms. The lowest BCUT2D eigenvalue weighted by Crippen LogP contribution is -2.31. The molecule has 20 heavy (non-hydrogen) atoms. The zero-order valence-corrected chi connectivity index (χ0v) is 11.4. The summed E-state index contributed by atoms with van der Waals surface area (Å²) < 4.78 is 13.4. The molecule has 0 radical (unpaired) electrons. The summed E-state index contributed by atoms with van der Waals surface area (Å²) in [6.45, 7) is 2.33. The van der Waals surface area contributed by atoms with E-state index in [4.69, 9.17) is 15.2 Å². The highest BCUT2D eigenvalue weighted by Gasteiger charge is 2.26. The number of nitrogens with zero attached hydrogens (tertiary/aromatic N) is 2. The minimum absolute atomic E-state index is 0.195. The Balaban J connectivity index is 1.78. The van der Waals surface area contributed by atoms with Crippen LogP contribution in [0.2, 0.25) is 0 Å². The summed E-state index contributed by atoms with van der Waals surface area (Å²) in [4.78, 5) is 11.3. The molecule has 1 aromatic rings. The summed E-state index contributed by atoms with van der Waals surface area (Å²) in [5.74, 6) is -0.516. The summed E-state index contributed by atoms with van der Waals surface area (Å²) in [5.41, 5.74) is 6.41. The highest BCUT2D eigenvalue weighted by molar-refractivity contribution is 5.90. The molecule has 1 fully saturated rings. The molecular formula is C13H20N4O3. The average Bonchev–Trinajstić information content (AvgIpc) is 2.80. The summed E-state index contributed by atoms with van der Waals surface area (Å²) in [6.07, 6.45) is 3.53. The number of hydrogen-bond donors (Lipinski definition) is 2. The van der Waals surface area contributed by atoms with Gasteiger partial charge in [0.2, 0.25) is 0 Å². The summed E-state index contributed by atoms with van der Waals surface area (Å²) in [5, 5.41) is 7.56. The van der Waals surface area contributed by atoms with E-state index >= 15 is 0 Å². The first-order chi connectivity index (χ1) is 9.74. The lowest BCUT2D eigenvalue weighted by atomic mass is 10.2.